The lowest BCUT2D eigenvalue weighted by Gasteiger charge is -2.23. The molecule has 1 atom stereocenters. The van der Waals surface area contributed by atoms with E-state index in [1.54, 1.807) is 4.68 Å². The van der Waals surface area contributed by atoms with Gasteiger partial charge in [-0.3, -0.25) is 14.4 Å². The molecule has 1 unspecified atom stereocenters. The van der Waals surface area contributed by atoms with Crippen LogP contribution in [0, 0.1) is 13.8 Å². The van der Waals surface area contributed by atoms with Gasteiger partial charge in [-0.05, 0) is 40.3 Å². The van der Waals surface area contributed by atoms with Gasteiger partial charge in [-0.15, -0.1) is 0 Å². The number of aromatic nitrogens is 2. The van der Waals surface area contributed by atoms with Crippen molar-refractivity contribution in [3.05, 3.63) is 11.4 Å². The van der Waals surface area contributed by atoms with Crippen molar-refractivity contribution in [1.29, 1.82) is 0 Å². The van der Waals surface area contributed by atoms with Crippen molar-refractivity contribution in [3.63, 3.8) is 0 Å². The summed E-state index contributed by atoms with van der Waals surface area (Å²) < 4.78 is 1.80. The van der Waals surface area contributed by atoms with Crippen LogP contribution in [0.5, 0.6) is 0 Å². The molecule has 112 valence electrons. The monoisotopic (exact) mass is 279 g/mol. The number of nitrogens with one attached hydrogen (secondary N) is 2. The average molecular weight is 279 g/mol. The van der Waals surface area contributed by atoms with Crippen molar-refractivity contribution in [2.75, 3.05) is 32.0 Å². The Morgan fingerprint density at radius 1 is 1.45 bits per heavy atom. The molecule has 1 aliphatic heterocycles. The standard InChI is InChI=1S/C14H25N5O/c1-10-14(11(2)18(4)17-10)16-13(20)9-19-7-5-6-12(19)8-15-3/h12,15H,5-9H2,1-4H3,(H,16,20). The summed E-state index contributed by atoms with van der Waals surface area (Å²) in [4.78, 5) is 14.5. The molecule has 0 radical (unpaired) electrons. The van der Waals surface area contributed by atoms with Crippen LogP contribution in [-0.2, 0) is 11.8 Å². The van der Waals surface area contributed by atoms with Gasteiger partial charge in [0.05, 0.1) is 23.6 Å². The van der Waals surface area contributed by atoms with E-state index in [1.165, 1.54) is 12.8 Å². The number of aryl methyl sites for hydroxylation is 2. The Morgan fingerprint density at radius 3 is 2.80 bits per heavy atom. The van der Waals surface area contributed by atoms with E-state index in [-0.39, 0.29) is 5.91 Å². The van der Waals surface area contributed by atoms with Crippen LogP contribution in [0.4, 0.5) is 5.69 Å². The number of likely N-dealkylation sites (N-methyl/N-ethyl adjacent to an activating group) is 1. The van der Waals surface area contributed by atoms with E-state index in [9.17, 15) is 4.79 Å². The van der Waals surface area contributed by atoms with E-state index in [0.29, 0.717) is 12.6 Å². The first-order chi connectivity index (χ1) is 9.52. The number of amides is 1. The van der Waals surface area contributed by atoms with Crippen LogP contribution in [0.3, 0.4) is 0 Å². The van der Waals surface area contributed by atoms with Crippen LogP contribution in [0.15, 0.2) is 0 Å². The molecule has 1 amide bonds. The van der Waals surface area contributed by atoms with Gasteiger partial charge in [0, 0.05) is 19.6 Å². The van der Waals surface area contributed by atoms with Gasteiger partial charge >= 0.3 is 0 Å². The molecule has 0 spiro atoms. The van der Waals surface area contributed by atoms with Crippen LogP contribution >= 0.6 is 0 Å². The number of hydrogen-bond donors (Lipinski definition) is 2. The minimum atomic E-state index is 0.0483. The van der Waals surface area contributed by atoms with Crippen molar-refractivity contribution in [1.82, 2.24) is 20.0 Å². The molecule has 1 aliphatic rings. The Bertz CT molecular complexity index is 482. The van der Waals surface area contributed by atoms with Crippen molar-refractivity contribution in [2.45, 2.75) is 32.7 Å². The SMILES string of the molecule is CNCC1CCCN1CC(=O)Nc1c(C)nn(C)c1C. The largest absolute Gasteiger partial charge is 0.322 e. The molecule has 20 heavy (non-hydrogen) atoms. The second kappa shape index (κ2) is 6.37. The highest BCUT2D eigenvalue weighted by Gasteiger charge is 2.26. The van der Waals surface area contributed by atoms with Crippen molar-refractivity contribution < 1.29 is 4.79 Å². The zero-order valence-corrected chi connectivity index (χ0v) is 12.9. The predicted molar refractivity (Wildman–Crippen MR) is 79.8 cm³/mol. The lowest BCUT2D eigenvalue weighted by Crippen LogP contribution is -2.41. The quantitative estimate of drug-likeness (QED) is 0.831. The van der Waals surface area contributed by atoms with Gasteiger partial charge in [-0.2, -0.15) is 5.10 Å². The fraction of sp³-hybridized carbons (Fsp3) is 0.714. The maximum atomic E-state index is 12.2. The number of carbonyl (C=O) groups excluding carboxylic acids is 1. The summed E-state index contributed by atoms with van der Waals surface area (Å²) in [5.41, 5.74) is 2.71. The Hall–Kier alpha value is -1.40. The summed E-state index contributed by atoms with van der Waals surface area (Å²) in [6.07, 6.45) is 2.34. The Balaban J connectivity index is 1.95. The van der Waals surface area contributed by atoms with E-state index in [1.807, 2.05) is 27.9 Å². The zero-order chi connectivity index (χ0) is 14.7. The van der Waals surface area contributed by atoms with E-state index >= 15 is 0 Å². The van der Waals surface area contributed by atoms with Gasteiger partial charge in [0.2, 0.25) is 5.91 Å². The number of hydrogen-bond acceptors (Lipinski definition) is 4. The topological polar surface area (TPSA) is 62.2 Å². The normalized spacial score (nSPS) is 19.5. The first kappa shape index (κ1) is 15.0. The van der Waals surface area contributed by atoms with Crippen LogP contribution < -0.4 is 10.6 Å². The number of carbonyl (C=O) groups is 1. The molecule has 2 rings (SSSR count). The van der Waals surface area contributed by atoms with E-state index in [0.717, 1.165) is 30.2 Å². The van der Waals surface area contributed by atoms with Gasteiger partial charge in [-0.1, -0.05) is 0 Å². The van der Waals surface area contributed by atoms with E-state index in [2.05, 4.69) is 20.6 Å². The van der Waals surface area contributed by atoms with Crippen molar-refractivity contribution in [2.24, 2.45) is 7.05 Å². The summed E-state index contributed by atoms with van der Waals surface area (Å²) in [7, 11) is 3.85. The smallest absolute Gasteiger partial charge is 0.238 e. The van der Waals surface area contributed by atoms with Crippen molar-refractivity contribution in [3.8, 4) is 0 Å². The van der Waals surface area contributed by atoms with Crippen LogP contribution in [-0.4, -0.2) is 53.3 Å². The van der Waals surface area contributed by atoms with Gasteiger partial charge in [-0.25, -0.2) is 0 Å². The van der Waals surface area contributed by atoms with Gasteiger partial charge in [0.1, 0.15) is 0 Å². The fourth-order valence-corrected chi connectivity index (χ4v) is 2.89. The highest BCUT2D eigenvalue weighted by atomic mass is 16.2. The fourth-order valence-electron chi connectivity index (χ4n) is 2.89. The molecular formula is C14H25N5O. The van der Waals surface area contributed by atoms with Gasteiger partial charge < -0.3 is 10.6 Å². The first-order valence-electron chi connectivity index (χ1n) is 7.21. The third kappa shape index (κ3) is 3.19. The maximum Gasteiger partial charge on any atom is 0.238 e. The maximum absolute atomic E-state index is 12.2. The second-order valence-electron chi connectivity index (χ2n) is 5.54. The van der Waals surface area contributed by atoms with Crippen molar-refractivity contribution >= 4 is 11.6 Å². The summed E-state index contributed by atoms with van der Waals surface area (Å²) in [6, 6.07) is 0.474. The lowest BCUT2D eigenvalue weighted by molar-refractivity contribution is -0.117. The van der Waals surface area contributed by atoms with E-state index < -0.39 is 0 Å². The average Bonchev–Trinajstić information content (AvgIpc) is 2.91. The Labute approximate surface area is 120 Å². The molecule has 1 fully saturated rings. The lowest BCUT2D eigenvalue weighted by atomic mass is 10.2. The zero-order valence-electron chi connectivity index (χ0n) is 12.9. The number of anilines is 1. The predicted octanol–water partition coefficient (Wildman–Crippen LogP) is 0.659. The van der Waals surface area contributed by atoms with Crippen LogP contribution in [0.25, 0.3) is 0 Å². The molecule has 1 saturated heterocycles. The Morgan fingerprint density at radius 2 is 2.20 bits per heavy atom. The minimum Gasteiger partial charge on any atom is -0.322 e. The molecule has 0 saturated carbocycles. The van der Waals surface area contributed by atoms with Crippen LogP contribution in [0.2, 0.25) is 0 Å². The number of rotatable bonds is 5. The molecule has 2 N–H and O–H groups in total. The van der Waals surface area contributed by atoms with E-state index in [4.69, 9.17) is 0 Å². The molecule has 2 heterocycles. The molecule has 6 nitrogen and oxygen atoms in total. The number of nitrogens with zero attached hydrogens (tertiary/aromatic N) is 3. The third-order valence-electron chi connectivity index (χ3n) is 4.06. The summed E-state index contributed by atoms with van der Waals surface area (Å²) in [5, 5.41) is 10.5. The summed E-state index contributed by atoms with van der Waals surface area (Å²) >= 11 is 0. The highest BCUT2D eigenvalue weighted by molar-refractivity contribution is 5.93. The third-order valence-corrected chi connectivity index (χ3v) is 4.06. The molecule has 0 aromatic carbocycles. The highest BCUT2D eigenvalue weighted by Crippen LogP contribution is 2.19. The molecule has 6 heteroatoms. The summed E-state index contributed by atoms with van der Waals surface area (Å²) in [6.45, 7) is 6.29. The first-order valence-corrected chi connectivity index (χ1v) is 7.21. The molecule has 0 bridgehead atoms. The van der Waals surface area contributed by atoms with Crippen LogP contribution in [0.1, 0.15) is 24.2 Å². The Kier molecular flexibility index (Phi) is 4.77. The second-order valence-corrected chi connectivity index (χ2v) is 5.54. The van der Waals surface area contributed by atoms with Gasteiger partial charge in [0.25, 0.3) is 0 Å². The van der Waals surface area contributed by atoms with Gasteiger partial charge in [0.15, 0.2) is 0 Å². The molecule has 0 aliphatic carbocycles. The molecular weight excluding hydrogens is 254 g/mol. The summed E-state index contributed by atoms with van der Waals surface area (Å²) in [5.74, 6) is 0.0483. The molecule has 1 aromatic heterocycles. The number of likely N-dealkylation sites (tertiary alicyclic amines) is 1. The minimum absolute atomic E-state index is 0.0483. The molecule has 1 aromatic rings.